The Kier molecular flexibility index (Phi) is 4.19. The number of nitrogen functional groups attached to an aromatic ring is 1. The van der Waals surface area contributed by atoms with Crippen molar-refractivity contribution in [3.8, 4) is 0 Å². The molecule has 0 aliphatic heterocycles. The van der Waals surface area contributed by atoms with Gasteiger partial charge in [0.25, 0.3) is 0 Å². The quantitative estimate of drug-likeness (QED) is 0.651. The zero-order chi connectivity index (χ0) is 13.1. The molecule has 0 bridgehead atoms. The van der Waals surface area contributed by atoms with Crippen molar-refractivity contribution in [3.63, 3.8) is 0 Å². The Balaban J connectivity index is 2.28. The van der Waals surface area contributed by atoms with Gasteiger partial charge in [-0.05, 0) is 29.8 Å². The summed E-state index contributed by atoms with van der Waals surface area (Å²) in [5, 5.41) is 0. The summed E-state index contributed by atoms with van der Waals surface area (Å²) in [4.78, 5) is 12.2. The lowest BCUT2D eigenvalue weighted by atomic mass is 10.0. The number of carbonyl (C=O) groups is 1. The molecule has 4 heteroatoms. The predicted octanol–water partition coefficient (Wildman–Crippen LogP) is 4.22. The molecule has 2 N–H and O–H groups in total. The zero-order valence-corrected chi connectivity index (χ0v) is 12.7. The van der Waals surface area contributed by atoms with Gasteiger partial charge in [0, 0.05) is 26.6 Å². The topological polar surface area (TPSA) is 43.1 Å². The number of anilines is 1. The number of nitrogens with two attached hydrogens (primary N) is 1. The van der Waals surface area contributed by atoms with Gasteiger partial charge in [0.2, 0.25) is 0 Å². The molecule has 2 aromatic rings. The molecule has 2 rings (SSSR count). The lowest BCUT2D eigenvalue weighted by molar-refractivity contribution is 0.0993. The van der Waals surface area contributed by atoms with Gasteiger partial charge in [0.15, 0.2) is 5.78 Å². The van der Waals surface area contributed by atoms with E-state index in [1.54, 1.807) is 12.1 Å². The fraction of sp³-hybridized carbons (Fsp3) is 0.0714. The molecule has 0 atom stereocenters. The van der Waals surface area contributed by atoms with Crippen molar-refractivity contribution in [3.05, 3.63) is 62.5 Å². The van der Waals surface area contributed by atoms with E-state index < -0.39 is 0 Å². The van der Waals surface area contributed by atoms with Gasteiger partial charge < -0.3 is 5.73 Å². The molecule has 2 nitrogen and oxygen atoms in total. The zero-order valence-electron chi connectivity index (χ0n) is 9.49. The maximum atomic E-state index is 12.2. The molecule has 0 radical (unpaired) electrons. The van der Waals surface area contributed by atoms with Crippen LogP contribution < -0.4 is 5.73 Å². The highest BCUT2D eigenvalue weighted by molar-refractivity contribution is 9.10. The minimum Gasteiger partial charge on any atom is -0.398 e. The maximum absolute atomic E-state index is 12.2. The first-order chi connectivity index (χ1) is 8.58. The van der Waals surface area contributed by atoms with Gasteiger partial charge in [-0.25, -0.2) is 0 Å². The Bertz CT molecular complexity index is 596. The Morgan fingerprint density at radius 3 is 2.56 bits per heavy atom. The van der Waals surface area contributed by atoms with Crippen molar-refractivity contribution in [2.75, 3.05) is 5.73 Å². The molecule has 92 valence electrons. The van der Waals surface area contributed by atoms with Crippen LogP contribution >= 0.6 is 31.9 Å². The van der Waals surface area contributed by atoms with Crippen molar-refractivity contribution in [1.82, 2.24) is 0 Å². The summed E-state index contributed by atoms with van der Waals surface area (Å²) in [5.74, 6) is 0.0145. The van der Waals surface area contributed by atoms with E-state index in [0.717, 1.165) is 14.5 Å². The van der Waals surface area contributed by atoms with Crippen LogP contribution in [0.25, 0.3) is 0 Å². The summed E-state index contributed by atoms with van der Waals surface area (Å²) in [6, 6.07) is 13.0. The average molecular weight is 369 g/mol. The molecule has 0 fully saturated rings. The highest BCUT2D eigenvalue weighted by atomic mass is 79.9. The SMILES string of the molecule is Nc1ccc(Br)cc1C(=O)Cc1ccccc1Br. The number of carbonyl (C=O) groups excluding carboxylic acids is 1. The fourth-order valence-corrected chi connectivity index (χ4v) is 2.47. The summed E-state index contributed by atoms with van der Waals surface area (Å²) in [6.07, 6.45) is 0.335. The van der Waals surface area contributed by atoms with Crippen molar-refractivity contribution >= 4 is 43.3 Å². The Morgan fingerprint density at radius 1 is 1.11 bits per heavy atom. The second-order valence-electron chi connectivity index (χ2n) is 3.92. The summed E-state index contributed by atoms with van der Waals surface area (Å²) in [5.41, 5.74) is 7.85. The lowest BCUT2D eigenvalue weighted by Crippen LogP contribution is -2.07. The molecule has 0 amide bonds. The Hall–Kier alpha value is -1.13. The number of hydrogen-bond donors (Lipinski definition) is 1. The van der Waals surface area contributed by atoms with E-state index >= 15 is 0 Å². The summed E-state index contributed by atoms with van der Waals surface area (Å²) in [7, 11) is 0. The highest BCUT2D eigenvalue weighted by Crippen LogP contribution is 2.22. The van der Waals surface area contributed by atoms with Gasteiger partial charge in [0.1, 0.15) is 0 Å². The van der Waals surface area contributed by atoms with Crippen LogP contribution in [-0.2, 0) is 6.42 Å². The van der Waals surface area contributed by atoms with Crippen LogP contribution in [-0.4, -0.2) is 5.78 Å². The normalized spacial score (nSPS) is 10.3. The number of benzene rings is 2. The molecule has 0 saturated carbocycles. The monoisotopic (exact) mass is 367 g/mol. The molecule has 2 aromatic carbocycles. The second-order valence-corrected chi connectivity index (χ2v) is 5.69. The third kappa shape index (κ3) is 3.00. The van der Waals surface area contributed by atoms with Gasteiger partial charge in [-0.3, -0.25) is 4.79 Å². The van der Waals surface area contributed by atoms with E-state index in [1.165, 1.54) is 0 Å². The molecular weight excluding hydrogens is 358 g/mol. The maximum Gasteiger partial charge on any atom is 0.169 e. The van der Waals surface area contributed by atoms with Gasteiger partial charge in [-0.2, -0.15) is 0 Å². The molecule has 0 unspecified atom stereocenters. The van der Waals surface area contributed by atoms with E-state index in [0.29, 0.717) is 17.7 Å². The largest absolute Gasteiger partial charge is 0.398 e. The first-order valence-electron chi connectivity index (χ1n) is 5.39. The first-order valence-corrected chi connectivity index (χ1v) is 6.98. The van der Waals surface area contributed by atoms with E-state index in [1.807, 2.05) is 30.3 Å². The van der Waals surface area contributed by atoms with Crippen LogP contribution in [0.3, 0.4) is 0 Å². The van der Waals surface area contributed by atoms with Crippen LogP contribution in [0.2, 0.25) is 0 Å². The van der Waals surface area contributed by atoms with Crippen LogP contribution in [0.4, 0.5) is 5.69 Å². The van der Waals surface area contributed by atoms with Gasteiger partial charge in [-0.15, -0.1) is 0 Å². The Morgan fingerprint density at radius 2 is 1.83 bits per heavy atom. The van der Waals surface area contributed by atoms with Crippen LogP contribution in [0.1, 0.15) is 15.9 Å². The van der Waals surface area contributed by atoms with E-state index in [4.69, 9.17) is 5.73 Å². The molecule has 0 aromatic heterocycles. The second kappa shape index (κ2) is 5.67. The van der Waals surface area contributed by atoms with Crippen LogP contribution in [0.5, 0.6) is 0 Å². The summed E-state index contributed by atoms with van der Waals surface area (Å²) in [6.45, 7) is 0. The van der Waals surface area contributed by atoms with E-state index in [9.17, 15) is 4.79 Å². The molecular formula is C14H11Br2NO. The minimum absolute atomic E-state index is 0.0145. The average Bonchev–Trinajstić information content (AvgIpc) is 2.35. The molecule has 18 heavy (non-hydrogen) atoms. The number of hydrogen-bond acceptors (Lipinski definition) is 2. The third-order valence-electron chi connectivity index (χ3n) is 2.62. The number of ketones is 1. The van der Waals surface area contributed by atoms with Gasteiger partial charge in [0.05, 0.1) is 0 Å². The molecule has 0 saturated heterocycles. The van der Waals surface area contributed by atoms with Crippen molar-refractivity contribution in [2.45, 2.75) is 6.42 Å². The number of rotatable bonds is 3. The van der Waals surface area contributed by atoms with Crippen molar-refractivity contribution < 1.29 is 4.79 Å². The van der Waals surface area contributed by atoms with Crippen molar-refractivity contribution in [1.29, 1.82) is 0 Å². The van der Waals surface area contributed by atoms with Crippen LogP contribution in [0.15, 0.2) is 51.4 Å². The van der Waals surface area contributed by atoms with Crippen LogP contribution in [0, 0.1) is 0 Å². The first kappa shape index (κ1) is 13.3. The highest BCUT2D eigenvalue weighted by Gasteiger charge is 2.12. The summed E-state index contributed by atoms with van der Waals surface area (Å²) < 4.78 is 1.79. The molecule has 0 heterocycles. The summed E-state index contributed by atoms with van der Waals surface area (Å²) >= 11 is 6.79. The number of halogens is 2. The molecule has 0 aliphatic rings. The number of Topliss-reactive ketones (excluding diaryl/α,β-unsaturated/α-hetero) is 1. The fourth-order valence-electron chi connectivity index (χ4n) is 1.68. The minimum atomic E-state index is 0.0145. The third-order valence-corrected chi connectivity index (χ3v) is 3.89. The van der Waals surface area contributed by atoms with Gasteiger partial charge >= 0.3 is 0 Å². The molecule has 0 aliphatic carbocycles. The van der Waals surface area contributed by atoms with E-state index in [-0.39, 0.29) is 5.78 Å². The van der Waals surface area contributed by atoms with Crippen molar-refractivity contribution in [2.24, 2.45) is 0 Å². The molecule has 0 spiro atoms. The smallest absolute Gasteiger partial charge is 0.169 e. The standard InChI is InChI=1S/C14H11Br2NO/c15-10-5-6-13(17)11(8-10)14(18)7-9-3-1-2-4-12(9)16/h1-6,8H,7,17H2. The predicted molar refractivity (Wildman–Crippen MR) is 80.7 cm³/mol. The van der Waals surface area contributed by atoms with Gasteiger partial charge in [-0.1, -0.05) is 50.1 Å². The Labute approximate surface area is 122 Å². The van der Waals surface area contributed by atoms with E-state index in [2.05, 4.69) is 31.9 Å². The lowest BCUT2D eigenvalue weighted by Gasteiger charge is -2.07.